The van der Waals surface area contributed by atoms with Crippen LogP contribution in [-0.4, -0.2) is 29.0 Å². The summed E-state index contributed by atoms with van der Waals surface area (Å²) in [4.78, 5) is 21.4. The van der Waals surface area contributed by atoms with Crippen molar-refractivity contribution in [1.82, 2.24) is 16.1 Å². The second-order valence-electron chi connectivity index (χ2n) is 8.76. The van der Waals surface area contributed by atoms with E-state index >= 15 is 0 Å². The van der Waals surface area contributed by atoms with Gasteiger partial charge in [0.25, 0.3) is 0 Å². The highest BCUT2D eigenvalue weighted by atomic mass is 32.2. The number of nitrogens with zero attached hydrogens (tertiary/aromatic N) is 2. The van der Waals surface area contributed by atoms with E-state index in [1.54, 1.807) is 19.1 Å². The SMILES string of the molecule is Cc1ccc2nc(-c3ccc4nc(-c5ccc(NC(=O)Nc6ccccc6)cc5)sc4c3)sc2c1S(=O)(=O)[O-].[NH4+]. The number of aryl methyl sites for hydroxylation is 1. The van der Waals surface area contributed by atoms with Crippen LogP contribution in [0.25, 0.3) is 41.6 Å². The fraction of sp³-hybridized carbons (Fsp3) is 0.0357. The average molecular weight is 590 g/mol. The molecule has 0 atom stereocenters. The molecule has 2 heterocycles. The number of hydrogen-bond donors (Lipinski definition) is 3. The molecule has 6 N–H and O–H groups in total. The van der Waals surface area contributed by atoms with Gasteiger partial charge >= 0.3 is 6.03 Å². The van der Waals surface area contributed by atoms with Gasteiger partial charge in [0.2, 0.25) is 0 Å². The first-order valence-electron chi connectivity index (χ1n) is 11.7. The summed E-state index contributed by atoms with van der Waals surface area (Å²) in [5.41, 5.74) is 4.79. The van der Waals surface area contributed by atoms with Gasteiger partial charge in [-0.2, -0.15) is 0 Å². The fourth-order valence-corrected chi connectivity index (χ4v) is 7.48. The largest absolute Gasteiger partial charge is 0.744 e. The monoisotopic (exact) mass is 589 g/mol. The van der Waals surface area contributed by atoms with Gasteiger partial charge in [0.1, 0.15) is 20.1 Å². The van der Waals surface area contributed by atoms with Crippen molar-refractivity contribution in [2.75, 3.05) is 10.6 Å². The molecule has 6 aromatic rings. The van der Waals surface area contributed by atoms with Gasteiger partial charge in [-0.3, -0.25) is 0 Å². The zero-order valence-electron chi connectivity index (χ0n) is 21.3. The van der Waals surface area contributed by atoms with Crippen molar-refractivity contribution in [3.8, 4) is 21.1 Å². The second-order valence-corrected chi connectivity index (χ2v) is 12.1. The van der Waals surface area contributed by atoms with Crippen molar-refractivity contribution < 1.29 is 17.8 Å². The van der Waals surface area contributed by atoms with Gasteiger partial charge in [-0.15, -0.1) is 22.7 Å². The number of amides is 2. The second kappa shape index (κ2) is 10.8. The number of carbonyl (C=O) groups is 1. The minimum absolute atomic E-state index is 0. The summed E-state index contributed by atoms with van der Waals surface area (Å²) in [5.74, 6) is 0. The minimum atomic E-state index is -4.63. The summed E-state index contributed by atoms with van der Waals surface area (Å²) in [5, 5.41) is 7.05. The predicted molar refractivity (Wildman–Crippen MR) is 161 cm³/mol. The molecule has 0 saturated carbocycles. The molecule has 12 heteroatoms. The van der Waals surface area contributed by atoms with Gasteiger partial charge in [0.05, 0.1) is 25.3 Å². The zero-order chi connectivity index (χ0) is 27.1. The third kappa shape index (κ3) is 5.43. The lowest BCUT2D eigenvalue weighted by molar-refractivity contribution is 0.262. The molecule has 2 aromatic heterocycles. The summed E-state index contributed by atoms with van der Waals surface area (Å²) >= 11 is 2.71. The maximum absolute atomic E-state index is 12.3. The molecule has 0 unspecified atom stereocenters. The molecule has 0 aliphatic heterocycles. The van der Waals surface area contributed by atoms with Crippen LogP contribution in [0.3, 0.4) is 0 Å². The van der Waals surface area contributed by atoms with Crippen LogP contribution in [0.4, 0.5) is 16.2 Å². The number of benzene rings is 4. The lowest BCUT2D eigenvalue weighted by Crippen LogP contribution is -2.19. The Morgan fingerprint density at radius 1 is 0.775 bits per heavy atom. The zero-order valence-corrected chi connectivity index (χ0v) is 23.8. The van der Waals surface area contributed by atoms with Gasteiger partial charge < -0.3 is 21.3 Å². The van der Waals surface area contributed by atoms with E-state index in [-0.39, 0.29) is 17.1 Å². The highest BCUT2D eigenvalue weighted by Crippen LogP contribution is 2.38. The van der Waals surface area contributed by atoms with E-state index < -0.39 is 10.1 Å². The fourth-order valence-electron chi connectivity index (χ4n) is 4.19. The molecule has 4 aromatic carbocycles. The number of urea groups is 1. The number of para-hydroxylation sites is 1. The van der Waals surface area contributed by atoms with E-state index in [1.165, 1.54) is 22.7 Å². The number of nitrogens with one attached hydrogen (secondary N) is 2. The Hall–Kier alpha value is -4.20. The molecule has 0 radical (unpaired) electrons. The van der Waals surface area contributed by atoms with Crippen molar-refractivity contribution in [3.05, 3.63) is 90.5 Å². The number of quaternary nitrogens is 1. The number of thiazole rings is 2. The molecule has 0 bridgehead atoms. The van der Waals surface area contributed by atoms with Crippen molar-refractivity contribution in [3.63, 3.8) is 0 Å². The first kappa shape index (κ1) is 27.4. The number of carbonyl (C=O) groups excluding carboxylic acids is 1. The molecule has 6 rings (SSSR count). The molecule has 2 amide bonds. The van der Waals surface area contributed by atoms with Crippen LogP contribution >= 0.6 is 22.7 Å². The standard InChI is InChI=1S/C28H20N4O4S3.H3N/c1-16-7-13-22-24(25(16)39(34,35)36)38-27(32-22)18-10-14-21-23(15-18)37-26(31-21)17-8-11-20(12-9-17)30-28(33)29-19-5-3-2-4-6-19;/h2-15H,1H3,(H2,29,30,33)(H,34,35,36);1H3. The molecule has 202 valence electrons. The molecular weight excluding hydrogens is 567 g/mol. The van der Waals surface area contributed by atoms with Gasteiger partial charge in [-0.1, -0.05) is 24.3 Å². The summed E-state index contributed by atoms with van der Waals surface area (Å²) in [6.45, 7) is 1.61. The van der Waals surface area contributed by atoms with Crippen LogP contribution in [0.15, 0.2) is 89.8 Å². The summed E-state index contributed by atoms with van der Waals surface area (Å²) < 4.78 is 36.9. The Kier molecular flexibility index (Phi) is 7.36. The van der Waals surface area contributed by atoms with E-state index in [0.717, 1.165) is 26.4 Å². The normalized spacial score (nSPS) is 11.3. The third-order valence-electron chi connectivity index (χ3n) is 6.02. The Labute approximate surface area is 237 Å². The summed E-state index contributed by atoms with van der Waals surface area (Å²) in [7, 11) is -4.63. The maximum Gasteiger partial charge on any atom is 0.323 e. The molecule has 0 saturated heterocycles. The van der Waals surface area contributed by atoms with Crippen LogP contribution in [-0.2, 0) is 10.1 Å². The summed E-state index contributed by atoms with van der Waals surface area (Å²) in [6.07, 6.45) is 0. The number of aromatic nitrogens is 2. The smallest absolute Gasteiger partial charge is 0.323 e. The third-order valence-corrected chi connectivity index (χ3v) is 9.38. The van der Waals surface area contributed by atoms with E-state index in [9.17, 15) is 17.8 Å². The number of anilines is 2. The van der Waals surface area contributed by atoms with Gasteiger partial charge in [-0.25, -0.2) is 23.2 Å². The van der Waals surface area contributed by atoms with Gasteiger partial charge in [0.15, 0.2) is 0 Å². The molecule has 0 spiro atoms. The molecule has 0 fully saturated rings. The molecular formula is C28H23N5O4S3. The van der Waals surface area contributed by atoms with Crippen molar-refractivity contribution >= 4 is 70.6 Å². The van der Waals surface area contributed by atoms with E-state index in [4.69, 9.17) is 4.98 Å². The van der Waals surface area contributed by atoms with E-state index in [0.29, 0.717) is 32.2 Å². The average Bonchev–Trinajstić information content (AvgIpc) is 3.52. The Morgan fingerprint density at radius 3 is 2.08 bits per heavy atom. The first-order chi connectivity index (χ1) is 18.7. The molecule has 0 aliphatic carbocycles. The van der Waals surface area contributed by atoms with E-state index in [2.05, 4.69) is 15.6 Å². The predicted octanol–water partition coefficient (Wildman–Crippen LogP) is 7.47. The van der Waals surface area contributed by atoms with E-state index in [1.807, 2.05) is 72.8 Å². The molecule has 40 heavy (non-hydrogen) atoms. The minimum Gasteiger partial charge on any atom is -0.744 e. The lowest BCUT2D eigenvalue weighted by atomic mass is 10.2. The Balaban J connectivity index is 0.00000323. The first-order valence-corrected chi connectivity index (χ1v) is 14.8. The number of fused-ring (bicyclic) bond motifs is 2. The van der Waals surface area contributed by atoms with Crippen molar-refractivity contribution in [1.29, 1.82) is 0 Å². The Bertz CT molecular complexity index is 1970. The highest BCUT2D eigenvalue weighted by molar-refractivity contribution is 7.86. The molecule has 9 nitrogen and oxygen atoms in total. The topological polar surface area (TPSA) is 161 Å². The van der Waals surface area contributed by atoms with Crippen LogP contribution < -0.4 is 16.8 Å². The highest BCUT2D eigenvalue weighted by Gasteiger charge is 2.17. The van der Waals surface area contributed by atoms with Crippen LogP contribution in [0.5, 0.6) is 0 Å². The number of hydrogen-bond acceptors (Lipinski definition) is 8. The quantitative estimate of drug-likeness (QED) is 0.177. The van der Waals surface area contributed by atoms with Crippen LogP contribution in [0.1, 0.15) is 5.56 Å². The van der Waals surface area contributed by atoms with Gasteiger partial charge in [-0.05, 0) is 73.2 Å². The van der Waals surface area contributed by atoms with Crippen LogP contribution in [0.2, 0.25) is 0 Å². The maximum atomic E-state index is 12.3. The van der Waals surface area contributed by atoms with Crippen LogP contribution in [0, 0.1) is 6.92 Å². The van der Waals surface area contributed by atoms with Crippen molar-refractivity contribution in [2.24, 2.45) is 0 Å². The van der Waals surface area contributed by atoms with Crippen molar-refractivity contribution in [2.45, 2.75) is 11.8 Å². The Morgan fingerprint density at radius 2 is 1.38 bits per heavy atom. The molecule has 0 aliphatic rings. The van der Waals surface area contributed by atoms with Gasteiger partial charge in [0, 0.05) is 22.5 Å². The lowest BCUT2D eigenvalue weighted by Gasteiger charge is -2.10. The summed E-state index contributed by atoms with van der Waals surface area (Å²) in [6, 6.07) is 25.4. The number of rotatable bonds is 5.